The van der Waals surface area contributed by atoms with Crippen LogP contribution in [0.4, 0.5) is 0 Å². The summed E-state index contributed by atoms with van der Waals surface area (Å²) in [5.74, 6) is 5.84. The van der Waals surface area contributed by atoms with Crippen LogP contribution in [-0.2, 0) is 0 Å². The van der Waals surface area contributed by atoms with Gasteiger partial charge in [-0.15, -0.1) is 0 Å². The van der Waals surface area contributed by atoms with Crippen molar-refractivity contribution in [3.8, 4) is 11.8 Å². The largest absolute Gasteiger partial charge is 0.395 e. The fourth-order valence-corrected chi connectivity index (χ4v) is 1.61. The first kappa shape index (κ1) is 12.7. The molecule has 1 amide bonds. The maximum Gasteiger partial charge on any atom is 0.251 e. The molecule has 0 saturated heterocycles. The average Bonchev–Trinajstić information content (AvgIpc) is 3.15. The molecule has 0 bridgehead atoms. The van der Waals surface area contributed by atoms with Crippen LogP contribution in [-0.4, -0.2) is 23.7 Å². The Morgan fingerprint density at radius 3 is 2.94 bits per heavy atom. The number of aliphatic hydroxyl groups excluding tert-OH is 1. The highest BCUT2D eigenvalue weighted by Gasteiger charge is 2.23. The molecule has 18 heavy (non-hydrogen) atoms. The maximum absolute atomic E-state index is 11.9. The summed E-state index contributed by atoms with van der Waals surface area (Å²) in [7, 11) is 0. The van der Waals surface area contributed by atoms with Crippen LogP contribution < -0.4 is 5.32 Å². The molecule has 0 aliphatic heterocycles. The van der Waals surface area contributed by atoms with Crippen LogP contribution in [0.15, 0.2) is 18.2 Å². The molecule has 1 aromatic rings. The Kier molecular flexibility index (Phi) is 4.01. The Morgan fingerprint density at radius 1 is 1.50 bits per heavy atom. The minimum Gasteiger partial charge on any atom is -0.395 e. The van der Waals surface area contributed by atoms with Crippen LogP contribution in [0, 0.1) is 18.8 Å². The van der Waals surface area contributed by atoms with E-state index >= 15 is 0 Å². The van der Waals surface area contributed by atoms with E-state index in [4.69, 9.17) is 5.11 Å². The topological polar surface area (TPSA) is 49.3 Å². The lowest BCUT2D eigenvalue weighted by atomic mass is 10.0. The molecule has 1 saturated carbocycles. The van der Waals surface area contributed by atoms with Gasteiger partial charge in [0, 0.05) is 23.6 Å². The highest BCUT2D eigenvalue weighted by atomic mass is 16.2. The molecule has 1 aliphatic rings. The Bertz CT molecular complexity index is 507. The van der Waals surface area contributed by atoms with Crippen molar-refractivity contribution >= 4 is 5.91 Å². The van der Waals surface area contributed by atoms with E-state index < -0.39 is 0 Å². The van der Waals surface area contributed by atoms with Gasteiger partial charge >= 0.3 is 0 Å². The molecule has 3 heteroatoms. The van der Waals surface area contributed by atoms with Crippen LogP contribution in [0.25, 0.3) is 0 Å². The Morgan fingerprint density at radius 2 is 2.28 bits per heavy atom. The Hall–Kier alpha value is -1.79. The summed E-state index contributed by atoms with van der Waals surface area (Å²) in [6, 6.07) is 5.91. The van der Waals surface area contributed by atoms with Gasteiger partial charge in [0.1, 0.15) is 0 Å². The van der Waals surface area contributed by atoms with E-state index in [0.29, 0.717) is 18.0 Å². The summed E-state index contributed by atoms with van der Waals surface area (Å²) in [5, 5.41) is 11.7. The molecule has 0 heterocycles. The molecule has 0 atom stereocenters. The summed E-state index contributed by atoms with van der Waals surface area (Å²) in [6.45, 7) is 2.03. The number of amides is 1. The molecule has 3 nitrogen and oxygen atoms in total. The zero-order chi connectivity index (χ0) is 13.0. The van der Waals surface area contributed by atoms with Gasteiger partial charge in [0.05, 0.1) is 6.61 Å². The van der Waals surface area contributed by atoms with Gasteiger partial charge in [0.15, 0.2) is 0 Å². The third kappa shape index (κ3) is 3.35. The van der Waals surface area contributed by atoms with Gasteiger partial charge in [-0.25, -0.2) is 0 Å². The Labute approximate surface area is 107 Å². The quantitative estimate of drug-likeness (QED) is 0.793. The van der Waals surface area contributed by atoms with Crippen LogP contribution in [0.3, 0.4) is 0 Å². The van der Waals surface area contributed by atoms with Gasteiger partial charge in [-0.05, 0) is 37.5 Å². The molecule has 0 spiro atoms. The maximum atomic E-state index is 11.9. The van der Waals surface area contributed by atoms with Crippen molar-refractivity contribution in [2.24, 2.45) is 0 Å². The zero-order valence-electron chi connectivity index (χ0n) is 10.5. The monoisotopic (exact) mass is 243 g/mol. The number of hydrogen-bond acceptors (Lipinski definition) is 2. The van der Waals surface area contributed by atoms with E-state index in [1.807, 2.05) is 25.1 Å². The molecular weight excluding hydrogens is 226 g/mol. The van der Waals surface area contributed by atoms with Gasteiger partial charge in [-0.2, -0.15) is 0 Å². The lowest BCUT2D eigenvalue weighted by Gasteiger charge is -2.05. The van der Waals surface area contributed by atoms with Crippen molar-refractivity contribution in [2.45, 2.75) is 32.2 Å². The lowest BCUT2D eigenvalue weighted by Crippen LogP contribution is -2.25. The molecule has 0 radical (unpaired) electrons. The SMILES string of the molecule is Cc1ccc(C(=O)NC2CC2)cc1C#CCCO. The van der Waals surface area contributed by atoms with Gasteiger partial charge in [-0.1, -0.05) is 17.9 Å². The first-order valence-electron chi connectivity index (χ1n) is 6.22. The van der Waals surface area contributed by atoms with E-state index in [1.54, 1.807) is 0 Å². The van der Waals surface area contributed by atoms with Crippen molar-refractivity contribution in [1.29, 1.82) is 0 Å². The second-order valence-corrected chi connectivity index (χ2v) is 4.55. The molecule has 0 unspecified atom stereocenters. The fourth-order valence-electron chi connectivity index (χ4n) is 1.61. The number of hydrogen-bond donors (Lipinski definition) is 2. The number of rotatable bonds is 3. The summed E-state index contributed by atoms with van der Waals surface area (Å²) in [4.78, 5) is 11.9. The first-order chi connectivity index (χ1) is 8.70. The predicted molar refractivity (Wildman–Crippen MR) is 70.2 cm³/mol. The van der Waals surface area contributed by atoms with Crippen LogP contribution in [0.2, 0.25) is 0 Å². The first-order valence-corrected chi connectivity index (χ1v) is 6.22. The van der Waals surface area contributed by atoms with Gasteiger partial charge in [-0.3, -0.25) is 4.79 Å². The second kappa shape index (κ2) is 5.70. The van der Waals surface area contributed by atoms with Gasteiger partial charge in [0.25, 0.3) is 5.91 Å². The number of aliphatic hydroxyl groups is 1. The lowest BCUT2D eigenvalue weighted by molar-refractivity contribution is 0.0951. The number of aryl methyl sites for hydroxylation is 1. The fraction of sp³-hybridized carbons (Fsp3) is 0.400. The molecule has 2 N–H and O–H groups in total. The van der Waals surface area contributed by atoms with Crippen molar-refractivity contribution in [3.05, 3.63) is 34.9 Å². The normalized spacial score (nSPS) is 13.7. The zero-order valence-corrected chi connectivity index (χ0v) is 10.5. The third-order valence-corrected chi connectivity index (χ3v) is 2.87. The summed E-state index contributed by atoms with van der Waals surface area (Å²) >= 11 is 0. The number of carbonyl (C=O) groups is 1. The van der Waals surface area contributed by atoms with Crippen molar-refractivity contribution in [3.63, 3.8) is 0 Å². The van der Waals surface area contributed by atoms with Gasteiger partial charge < -0.3 is 10.4 Å². The molecule has 94 valence electrons. The van der Waals surface area contributed by atoms with E-state index in [0.717, 1.165) is 24.0 Å². The minimum absolute atomic E-state index is 0.0253. The minimum atomic E-state index is -0.0253. The molecular formula is C15H17NO2. The highest BCUT2D eigenvalue weighted by molar-refractivity contribution is 5.95. The molecule has 1 aromatic carbocycles. The van der Waals surface area contributed by atoms with Crippen LogP contribution in [0.5, 0.6) is 0 Å². The van der Waals surface area contributed by atoms with Crippen LogP contribution in [0.1, 0.15) is 40.7 Å². The van der Waals surface area contributed by atoms with Crippen molar-refractivity contribution in [1.82, 2.24) is 5.32 Å². The van der Waals surface area contributed by atoms with E-state index in [1.165, 1.54) is 0 Å². The summed E-state index contributed by atoms with van der Waals surface area (Å²) < 4.78 is 0. The third-order valence-electron chi connectivity index (χ3n) is 2.87. The predicted octanol–water partition coefficient (Wildman–Crippen LogP) is 1.62. The number of benzene rings is 1. The van der Waals surface area contributed by atoms with Crippen molar-refractivity contribution in [2.75, 3.05) is 6.61 Å². The van der Waals surface area contributed by atoms with E-state index in [9.17, 15) is 4.79 Å². The summed E-state index contributed by atoms with van der Waals surface area (Å²) in [6.07, 6.45) is 2.62. The second-order valence-electron chi connectivity index (χ2n) is 4.55. The average molecular weight is 243 g/mol. The van der Waals surface area contributed by atoms with Gasteiger partial charge in [0.2, 0.25) is 0 Å². The number of carbonyl (C=O) groups excluding carboxylic acids is 1. The van der Waals surface area contributed by atoms with E-state index in [-0.39, 0.29) is 12.5 Å². The molecule has 1 aliphatic carbocycles. The highest BCUT2D eigenvalue weighted by Crippen LogP contribution is 2.19. The van der Waals surface area contributed by atoms with Crippen molar-refractivity contribution < 1.29 is 9.90 Å². The molecule has 1 fully saturated rings. The number of nitrogens with one attached hydrogen (secondary N) is 1. The summed E-state index contributed by atoms with van der Waals surface area (Å²) in [5.41, 5.74) is 2.55. The molecule has 0 aromatic heterocycles. The van der Waals surface area contributed by atoms with Crippen LogP contribution >= 0.6 is 0 Å². The standard InChI is InChI=1S/C15H17NO2/c1-11-5-6-13(15(18)16-14-7-8-14)10-12(11)4-2-3-9-17/h5-6,10,14,17H,3,7-9H2,1H3,(H,16,18). The van der Waals surface area contributed by atoms with E-state index in [2.05, 4.69) is 17.2 Å². The smallest absolute Gasteiger partial charge is 0.251 e. The Balaban J connectivity index is 2.14. The molecule has 2 rings (SSSR count).